The molecule has 18 heteroatoms. The van der Waals surface area contributed by atoms with Crippen LogP contribution in [-0.2, 0) is 25.4 Å². The molecule has 3 fully saturated rings. The third-order valence-corrected chi connectivity index (χ3v) is 14.2. The zero-order chi connectivity index (χ0) is 45.0. The molecule has 1 saturated carbocycles. The van der Waals surface area contributed by atoms with Crippen LogP contribution in [0.2, 0.25) is 0 Å². The van der Waals surface area contributed by atoms with E-state index in [0.29, 0.717) is 94.6 Å². The molecule has 1 unspecified atom stereocenters. The van der Waals surface area contributed by atoms with Gasteiger partial charge in [-0.25, -0.2) is 4.98 Å². The molecule has 1 aliphatic carbocycles. The van der Waals surface area contributed by atoms with Crippen molar-refractivity contribution in [2.45, 2.75) is 69.9 Å². The monoisotopic (exact) mass is 952 g/mol. The molecule has 2 aliphatic heterocycles. The fourth-order valence-electron chi connectivity index (χ4n) is 8.70. The van der Waals surface area contributed by atoms with E-state index < -0.39 is 7.14 Å². The van der Waals surface area contributed by atoms with Gasteiger partial charge in [0.15, 0.2) is 0 Å². The quantitative estimate of drug-likeness (QED) is 0.0406. The number of carbonyl (C=O) groups excluding carboxylic acids is 3. The molecule has 5 aromatic rings. The minimum absolute atomic E-state index is 0.0490. The minimum atomic E-state index is -2.78. The van der Waals surface area contributed by atoms with Crippen LogP contribution in [0.1, 0.15) is 62.5 Å². The number of anilines is 5. The Morgan fingerprint density at radius 1 is 0.969 bits per heavy atom. The molecule has 1 atom stereocenters. The molecule has 0 bridgehead atoms. The molecular weight excluding hydrogens is 899 g/mol. The van der Waals surface area contributed by atoms with Gasteiger partial charge in [0.1, 0.15) is 36.1 Å². The number of fused-ring (bicyclic) bond motifs is 1. The predicted octanol–water partition coefficient (Wildman–Crippen LogP) is 6.54. The largest absolute Gasteiger partial charge is 0.494 e. The number of hydrogen-bond donors (Lipinski definition) is 5. The van der Waals surface area contributed by atoms with Crippen molar-refractivity contribution in [1.29, 1.82) is 0 Å². The fourth-order valence-corrected chi connectivity index (χ4v) is 10.4. The fraction of sp³-hybridized carbons (Fsp3) is 0.413. The van der Waals surface area contributed by atoms with E-state index >= 15 is 0 Å². The summed E-state index contributed by atoms with van der Waals surface area (Å²) in [5.74, 6) is 1.29. The molecule has 4 heterocycles. The molecule has 3 aliphatic rings. The van der Waals surface area contributed by atoms with Gasteiger partial charge in [-0.15, -0.1) is 0 Å². The van der Waals surface area contributed by atoms with Crippen LogP contribution in [0.4, 0.5) is 28.8 Å². The molecule has 5 N–H and O–H groups in total. The van der Waals surface area contributed by atoms with E-state index in [1.807, 2.05) is 36.4 Å². The van der Waals surface area contributed by atoms with Crippen molar-refractivity contribution in [2.75, 3.05) is 62.2 Å². The number of hydrogen-bond acceptors (Lipinski definition) is 14. The van der Waals surface area contributed by atoms with Gasteiger partial charge in [0.25, 0.3) is 0 Å². The number of amides is 3. The van der Waals surface area contributed by atoms with Gasteiger partial charge in [-0.3, -0.25) is 29.7 Å². The van der Waals surface area contributed by atoms with Gasteiger partial charge < -0.3 is 40.2 Å². The number of aryl methyl sites for hydroxylation is 1. The zero-order valence-corrected chi connectivity index (χ0v) is 38.9. The first kappa shape index (κ1) is 44.9. The van der Waals surface area contributed by atoms with Crippen LogP contribution < -0.4 is 46.3 Å². The number of benzene rings is 3. The van der Waals surface area contributed by atoms with Crippen LogP contribution in [-0.4, -0.2) is 96.4 Å². The number of ether oxygens (including phenoxy) is 2. The van der Waals surface area contributed by atoms with E-state index in [1.54, 1.807) is 39.0 Å². The van der Waals surface area contributed by atoms with Crippen molar-refractivity contribution >= 4 is 86.0 Å². The Labute approximate surface area is 381 Å². The molecule has 16 nitrogen and oxygen atoms in total. The van der Waals surface area contributed by atoms with E-state index in [4.69, 9.17) is 14.5 Å². The third-order valence-electron chi connectivity index (χ3n) is 12.1. The number of imide groups is 1. The minimum Gasteiger partial charge on any atom is -0.494 e. The third kappa shape index (κ3) is 10.3. The van der Waals surface area contributed by atoms with E-state index in [2.05, 4.69) is 81.4 Å². The standard InChI is InChI=1S/C46H54BrN10O6P/c1-5-27-24-37(54-46-52-26-34(47)43(56-46)53-36-11-10-35-41(50-17-16-49-35)42(36)64(3,4)61)39(62-2)25-38(27)57-19-13-30(14-20-57)48-15-18-51-44(59)29-22-32(23-29)63-31-8-6-7-28(21-31)33-9-12-40(58)55-45(33)60/h6-8,10-11,16-17,21,24-26,29-30,32-33,48H,5,9,12-15,18-20,22-23H2,1-4H3,(H,51,59)(H,55,58,60)(H2,52,53,54,56)/t29-,32+,33?. The molecule has 2 saturated heterocycles. The molecule has 336 valence electrons. The van der Waals surface area contributed by atoms with Crippen molar-refractivity contribution in [2.24, 2.45) is 5.92 Å². The molecular formula is C46H54BrN10O6P. The van der Waals surface area contributed by atoms with E-state index in [9.17, 15) is 18.9 Å². The SMILES string of the molecule is CCc1cc(Nc2ncc(Br)c(Nc3ccc4nccnc4c3P(C)(C)=O)n2)c(OC)cc1N1CCC(NCCNC(=O)[C@H]2C[C@@H](Oc3cccc(C4CCC(=O)NC4=O)c3)C2)CC1. The van der Waals surface area contributed by atoms with Gasteiger partial charge in [0.05, 0.1) is 39.7 Å². The Hall–Kier alpha value is -5.64. The van der Waals surface area contributed by atoms with Gasteiger partial charge in [-0.2, -0.15) is 4.98 Å². The van der Waals surface area contributed by atoms with Gasteiger partial charge in [-0.05, 0) is 109 Å². The average Bonchev–Trinajstić information content (AvgIpc) is 3.27. The summed E-state index contributed by atoms with van der Waals surface area (Å²) in [6.07, 6.45) is 9.68. The number of carbonyl (C=O) groups is 3. The van der Waals surface area contributed by atoms with Crippen molar-refractivity contribution in [3.63, 3.8) is 0 Å². The van der Waals surface area contributed by atoms with Gasteiger partial charge in [0, 0.05) is 74.9 Å². The summed E-state index contributed by atoms with van der Waals surface area (Å²) in [5.41, 5.74) is 5.76. The molecule has 0 spiro atoms. The second-order valence-corrected chi connectivity index (χ2v) is 20.9. The maximum Gasteiger partial charge on any atom is 0.234 e. The van der Waals surface area contributed by atoms with Gasteiger partial charge in [0.2, 0.25) is 23.7 Å². The highest BCUT2D eigenvalue weighted by atomic mass is 79.9. The van der Waals surface area contributed by atoms with Crippen LogP contribution in [0.3, 0.4) is 0 Å². The zero-order valence-electron chi connectivity index (χ0n) is 36.4. The van der Waals surface area contributed by atoms with Crippen molar-refractivity contribution in [3.8, 4) is 11.5 Å². The smallest absolute Gasteiger partial charge is 0.234 e. The Morgan fingerprint density at radius 3 is 2.52 bits per heavy atom. The number of methoxy groups -OCH3 is 1. The summed E-state index contributed by atoms with van der Waals surface area (Å²) in [5, 5.41) is 16.5. The summed E-state index contributed by atoms with van der Waals surface area (Å²) in [6.45, 7) is 8.58. The second kappa shape index (κ2) is 19.6. The molecule has 64 heavy (non-hydrogen) atoms. The van der Waals surface area contributed by atoms with Crippen molar-refractivity contribution < 1.29 is 28.4 Å². The summed E-state index contributed by atoms with van der Waals surface area (Å²) >= 11 is 3.58. The van der Waals surface area contributed by atoms with Gasteiger partial charge in [-0.1, -0.05) is 19.1 Å². The summed E-state index contributed by atoms with van der Waals surface area (Å²) in [6, 6.07) is 15.7. The predicted molar refractivity (Wildman–Crippen MR) is 252 cm³/mol. The van der Waals surface area contributed by atoms with Gasteiger partial charge >= 0.3 is 0 Å². The number of piperidine rings is 2. The number of aromatic nitrogens is 4. The number of nitrogens with zero attached hydrogens (tertiary/aromatic N) is 5. The first-order valence-electron chi connectivity index (χ1n) is 21.8. The lowest BCUT2D eigenvalue weighted by molar-refractivity contribution is -0.134. The number of halogens is 1. The lowest BCUT2D eigenvalue weighted by Crippen LogP contribution is -2.47. The maximum atomic E-state index is 13.5. The lowest BCUT2D eigenvalue weighted by Gasteiger charge is -2.36. The molecule has 8 rings (SSSR count). The Morgan fingerprint density at radius 2 is 1.77 bits per heavy atom. The highest BCUT2D eigenvalue weighted by molar-refractivity contribution is 9.10. The Kier molecular flexibility index (Phi) is 13.8. The van der Waals surface area contributed by atoms with Crippen molar-refractivity contribution in [3.05, 3.63) is 82.7 Å². The summed E-state index contributed by atoms with van der Waals surface area (Å²) in [4.78, 5) is 57.4. The topological polar surface area (TPSA) is 202 Å². The lowest BCUT2D eigenvalue weighted by atomic mass is 9.81. The number of rotatable bonds is 16. The van der Waals surface area contributed by atoms with Crippen LogP contribution in [0.5, 0.6) is 11.5 Å². The summed E-state index contributed by atoms with van der Waals surface area (Å²) < 4.78 is 26.2. The average molecular weight is 954 g/mol. The number of nitrogens with one attached hydrogen (secondary N) is 5. The van der Waals surface area contributed by atoms with Crippen LogP contribution >= 0.6 is 23.1 Å². The second-order valence-electron chi connectivity index (χ2n) is 16.9. The van der Waals surface area contributed by atoms with E-state index in [0.717, 1.165) is 49.3 Å². The first-order valence-corrected chi connectivity index (χ1v) is 25.2. The highest BCUT2D eigenvalue weighted by Gasteiger charge is 2.36. The molecule has 3 amide bonds. The normalized spacial score (nSPS) is 19.1. The van der Waals surface area contributed by atoms with Crippen molar-refractivity contribution in [1.82, 2.24) is 35.9 Å². The van der Waals surface area contributed by atoms with Crippen LogP contribution in [0.25, 0.3) is 11.0 Å². The Bertz CT molecular complexity index is 2600. The first-order chi connectivity index (χ1) is 30.9. The highest BCUT2D eigenvalue weighted by Crippen LogP contribution is 2.42. The maximum absolute atomic E-state index is 13.5. The molecule has 2 aromatic heterocycles. The Balaban J connectivity index is 0.805. The van der Waals surface area contributed by atoms with Crippen LogP contribution in [0.15, 0.2) is 71.6 Å². The molecule has 0 radical (unpaired) electrons. The summed E-state index contributed by atoms with van der Waals surface area (Å²) in [7, 11) is -1.13. The van der Waals surface area contributed by atoms with E-state index in [1.165, 1.54) is 5.56 Å². The van der Waals surface area contributed by atoms with Crippen LogP contribution in [0, 0.1) is 5.92 Å². The molecule has 3 aromatic carbocycles. The van der Waals surface area contributed by atoms with E-state index in [-0.39, 0.29) is 35.7 Å².